The zero-order valence-electron chi connectivity index (χ0n) is 14.8. The minimum atomic E-state index is -3.19. The predicted molar refractivity (Wildman–Crippen MR) is 107 cm³/mol. The third-order valence-electron chi connectivity index (χ3n) is 4.35. The van der Waals surface area contributed by atoms with E-state index in [2.05, 4.69) is 20.8 Å². The topological polar surface area (TPSA) is 74.3 Å². The number of benzene rings is 2. The third kappa shape index (κ3) is 4.80. The number of fused-ring (bicyclic) bond motifs is 1. The number of nitrogens with one attached hydrogen (secondary N) is 2. The highest BCUT2D eigenvalue weighted by Gasteiger charge is 2.09. The van der Waals surface area contributed by atoms with Crippen LogP contribution < -0.4 is 4.72 Å². The van der Waals surface area contributed by atoms with Gasteiger partial charge in [-0.2, -0.15) is 0 Å². The van der Waals surface area contributed by atoms with Crippen molar-refractivity contribution >= 4 is 27.1 Å². The second kappa shape index (κ2) is 8.29. The van der Waals surface area contributed by atoms with Gasteiger partial charge < -0.3 is 4.98 Å². The molecular formula is C20H23N3O2S. The molecule has 0 bridgehead atoms. The minimum Gasteiger partial charge on any atom is -0.361 e. The van der Waals surface area contributed by atoms with Gasteiger partial charge in [0.05, 0.1) is 5.75 Å². The van der Waals surface area contributed by atoms with Gasteiger partial charge in [0.15, 0.2) is 0 Å². The van der Waals surface area contributed by atoms with Crippen molar-refractivity contribution in [1.82, 2.24) is 9.71 Å². The zero-order chi connectivity index (χ0) is 18.4. The standard InChI is InChI=1S/C20H23N3O2S/c1-21-26(24,25)12-10-16-7-8-20-19(13-16)18(15-23-20)9-11-22-14-17-5-3-2-4-6-17/h2-8,13-15,21,23H,9-12H2,1H3. The van der Waals surface area contributed by atoms with Gasteiger partial charge in [0, 0.05) is 29.9 Å². The highest BCUT2D eigenvalue weighted by atomic mass is 32.2. The van der Waals surface area contributed by atoms with Crippen LogP contribution in [0.25, 0.3) is 10.9 Å². The molecule has 0 saturated carbocycles. The van der Waals surface area contributed by atoms with Crippen LogP contribution in [0.5, 0.6) is 0 Å². The van der Waals surface area contributed by atoms with Gasteiger partial charge in [-0.3, -0.25) is 4.99 Å². The van der Waals surface area contributed by atoms with Crippen LogP contribution in [0, 0.1) is 0 Å². The van der Waals surface area contributed by atoms with Crippen LogP contribution >= 0.6 is 0 Å². The quantitative estimate of drug-likeness (QED) is 0.599. The van der Waals surface area contributed by atoms with Gasteiger partial charge in [-0.1, -0.05) is 36.4 Å². The average molecular weight is 369 g/mol. The van der Waals surface area contributed by atoms with E-state index in [0.717, 1.165) is 28.5 Å². The Balaban J connectivity index is 1.67. The molecule has 2 N–H and O–H groups in total. The minimum absolute atomic E-state index is 0.0934. The first kappa shape index (κ1) is 18.4. The van der Waals surface area contributed by atoms with Crippen LogP contribution in [0.15, 0.2) is 59.7 Å². The third-order valence-corrected chi connectivity index (χ3v) is 5.72. The molecule has 0 saturated heterocycles. The Labute approximate surface area is 154 Å². The maximum absolute atomic E-state index is 11.6. The van der Waals surface area contributed by atoms with Gasteiger partial charge in [0.2, 0.25) is 10.0 Å². The van der Waals surface area contributed by atoms with E-state index in [1.165, 1.54) is 12.6 Å². The van der Waals surface area contributed by atoms with Crippen molar-refractivity contribution in [2.45, 2.75) is 12.8 Å². The molecule has 0 aliphatic heterocycles. The summed E-state index contributed by atoms with van der Waals surface area (Å²) in [6.07, 6.45) is 5.23. The van der Waals surface area contributed by atoms with Gasteiger partial charge >= 0.3 is 0 Å². The van der Waals surface area contributed by atoms with E-state index < -0.39 is 10.0 Å². The fourth-order valence-electron chi connectivity index (χ4n) is 2.84. The number of aromatic nitrogens is 1. The Bertz CT molecular complexity index is 992. The number of aromatic amines is 1. The Morgan fingerprint density at radius 2 is 1.92 bits per heavy atom. The van der Waals surface area contributed by atoms with Gasteiger partial charge in [-0.25, -0.2) is 13.1 Å². The molecule has 0 spiro atoms. The molecule has 1 aromatic heterocycles. The molecule has 136 valence electrons. The number of H-pyrrole nitrogens is 1. The summed E-state index contributed by atoms with van der Waals surface area (Å²) in [7, 11) is -1.75. The number of sulfonamides is 1. The summed E-state index contributed by atoms with van der Waals surface area (Å²) in [5, 5.41) is 1.14. The summed E-state index contributed by atoms with van der Waals surface area (Å²) in [5.41, 5.74) is 4.38. The second-order valence-corrected chi connectivity index (χ2v) is 8.21. The average Bonchev–Trinajstić information content (AvgIpc) is 3.07. The second-order valence-electron chi connectivity index (χ2n) is 6.16. The fraction of sp³-hybridized carbons (Fsp3) is 0.250. The Morgan fingerprint density at radius 1 is 1.12 bits per heavy atom. The summed E-state index contributed by atoms with van der Waals surface area (Å²) in [4.78, 5) is 7.77. The molecule has 0 radical (unpaired) electrons. The van der Waals surface area contributed by atoms with Crippen LogP contribution in [-0.4, -0.2) is 39.0 Å². The van der Waals surface area contributed by atoms with Crippen LogP contribution in [-0.2, 0) is 22.9 Å². The SMILES string of the molecule is CNS(=O)(=O)CCc1ccc2[nH]cc(CCN=Cc3ccccc3)c2c1. The van der Waals surface area contributed by atoms with Gasteiger partial charge in [0.25, 0.3) is 0 Å². The Kier molecular flexibility index (Phi) is 5.85. The number of aryl methyl sites for hydroxylation is 1. The van der Waals surface area contributed by atoms with E-state index in [1.54, 1.807) is 0 Å². The molecule has 6 heteroatoms. The van der Waals surface area contributed by atoms with E-state index in [4.69, 9.17) is 0 Å². The summed E-state index contributed by atoms with van der Waals surface area (Å²) >= 11 is 0. The van der Waals surface area contributed by atoms with Crippen molar-refractivity contribution in [1.29, 1.82) is 0 Å². The molecule has 0 aliphatic rings. The van der Waals surface area contributed by atoms with E-state index in [-0.39, 0.29) is 5.75 Å². The molecule has 5 nitrogen and oxygen atoms in total. The first-order chi connectivity index (χ1) is 12.6. The Morgan fingerprint density at radius 3 is 2.69 bits per heavy atom. The van der Waals surface area contributed by atoms with Gasteiger partial charge in [-0.15, -0.1) is 0 Å². The van der Waals surface area contributed by atoms with Crippen molar-refractivity contribution in [2.75, 3.05) is 19.3 Å². The van der Waals surface area contributed by atoms with Crippen LogP contribution in [0.1, 0.15) is 16.7 Å². The van der Waals surface area contributed by atoms with E-state index in [0.29, 0.717) is 13.0 Å². The summed E-state index contributed by atoms with van der Waals surface area (Å²) in [6.45, 7) is 0.709. The van der Waals surface area contributed by atoms with E-state index in [9.17, 15) is 8.42 Å². The lowest BCUT2D eigenvalue weighted by Crippen LogP contribution is -2.23. The molecule has 3 rings (SSSR count). The number of nitrogens with zero attached hydrogens (tertiary/aromatic N) is 1. The number of rotatable bonds is 8. The maximum Gasteiger partial charge on any atom is 0.211 e. The Hall–Kier alpha value is -2.44. The lowest BCUT2D eigenvalue weighted by molar-refractivity contribution is 0.587. The molecule has 26 heavy (non-hydrogen) atoms. The maximum atomic E-state index is 11.6. The molecule has 0 fully saturated rings. The monoisotopic (exact) mass is 369 g/mol. The highest BCUT2D eigenvalue weighted by Crippen LogP contribution is 2.21. The molecule has 3 aromatic rings. The summed E-state index contributed by atoms with van der Waals surface area (Å²) in [5.74, 6) is 0.0934. The molecule has 0 unspecified atom stereocenters. The lowest BCUT2D eigenvalue weighted by Gasteiger charge is -2.04. The van der Waals surface area contributed by atoms with Crippen molar-refractivity contribution in [3.8, 4) is 0 Å². The van der Waals surface area contributed by atoms with Gasteiger partial charge in [-0.05, 0) is 48.7 Å². The van der Waals surface area contributed by atoms with Crippen LogP contribution in [0.2, 0.25) is 0 Å². The number of aliphatic imine (C=N–C) groups is 1. The highest BCUT2D eigenvalue weighted by molar-refractivity contribution is 7.89. The van der Waals surface area contributed by atoms with Crippen molar-refractivity contribution in [2.24, 2.45) is 4.99 Å². The molecule has 0 amide bonds. The van der Waals surface area contributed by atoms with Crippen LogP contribution in [0.3, 0.4) is 0 Å². The largest absolute Gasteiger partial charge is 0.361 e. The first-order valence-electron chi connectivity index (χ1n) is 8.62. The van der Waals surface area contributed by atoms with Gasteiger partial charge in [0.1, 0.15) is 0 Å². The molecular weight excluding hydrogens is 346 g/mol. The van der Waals surface area contributed by atoms with Crippen LogP contribution in [0.4, 0.5) is 0 Å². The smallest absolute Gasteiger partial charge is 0.211 e. The normalized spacial score (nSPS) is 12.2. The molecule has 0 atom stereocenters. The predicted octanol–water partition coefficient (Wildman–Crippen LogP) is 2.92. The molecule has 1 heterocycles. The lowest BCUT2D eigenvalue weighted by atomic mass is 10.1. The van der Waals surface area contributed by atoms with Crippen molar-refractivity contribution < 1.29 is 8.42 Å². The fourth-order valence-corrected chi connectivity index (χ4v) is 3.54. The number of hydrogen-bond acceptors (Lipinski definition) is 3. The van der Waals surface area contributed by atoms with E-state index >= 15 is 0 Å². The van der Waals surface area contributed by atoms with E-state index in [1.807, 2.05) is 54.9 Å². The van der Waals surface area contributed by atoms with Crippen molar-refractivity contribution in [3.05, 3.63) is 71.4 Å². The summed E-state index contributed by atoms with van der Waals surface area (Å²) in [6, 6.07) is 16.1. The molecule has 2 aromatic carbocycles. The first-order valence-corrected chi connectivity index (χ1v) is 10.3. The zero-order valence-corrected chi connectivity index (χ0v) is 15.6. The summed E-state index contributed by atoms with van der Waals surface area (Å²) < 4.78 is 25.6. The molecule has 0 aliphatic carbocycles. The number of hydrogen-bond donors (Lipinski definition) is 2. The van der Waals surface area contributed by atoms with Crippen molar-refractivity contribution in [3.63, 3.8) is 0 Å².